The van der Waals surface area contributed by atoms with Crippen LogP contribution < -0.4 is 14.8 Å². The van der Waals surface area contributed by atoms with Crippen LogP contribution in [0.4, 0.5) is 10.1 Å². The molecule has 0 aliphatic heterocycles. The average Bonchev–Trinajstić information content (AvgIpc) is 2.63. The Labute approximate surface area is 154 Å². The molecule has 0 radical (unpaired) electrons. The molecule has 0 aliphatic carbocycles. The van der Waals surface area contributed by atoms with Gasteiger partial charge in [0.05, 0.1) is 25.5 Å². The number of hydrogen-bond acceptors (Lipinski definition) is 5. The fourth-order valence-corrected chi connectivity index (χ4v) is 2.23. The Morgan fingerprint density at radius 2 is 1.77 bits per heavy atom. The minimum atomic E-state index is -1.15. The molecule has 1 N–H and O–H groups in total. The summed E-state index contributed by atoms with van der Waals surface area (Å²) in [5.74, 6) is -1.30. The Balaban J connectivity index is 2.05. The largest absolute Gasteiger partial charge is 0.493 e. The van der Waals surface area contributed by atoms with Crippen LogP contribution >= 0.6 is 11.6 Å². The summed E-state index contributed by atoms with van der Waals surface area (Å²) in [6.45, 7) is 1.38. The van der Waals surface area contributed by atoms with Crippen LogP contribution in [0.3, 0.4) is 0 Å². The van der Waals surface area contributed by atoms with E-state index >= 15 is 0 Å². The number of carbonyl (C=O) groups is 2. The van der Waals surface area contributed by atoms with Crippen molar-refractivity contribution >= 4 is 29.2 Å². The summed E-state index contributed by atoms with van der Waals surface area (Å²) in [6, 6.07) is 8.28. The second-order valence-corrected chi connectivity index (χ2v) is 5.67. The van der Waals surface area contributed by atoms with Gasteiger partial charge in [0.2, 0.25) is 0 Å². The highest BCUT2D eigenvalue weighted by atomic mass is 35.5. The lowest BCUT2D eigenvalue weighted by Crippen LogP contribution is -2.30. The maximum Gasteiger partial charge on any atom is 0.339 e. The van der Waals surface area contributed by atoms with E-state index in [-0.39, 0.29) is 16.3 Å². The quantitative estimate of drug-likeness (QED) is 0.773. The van der Waals surface area contributed by atoms with E-state index in [4.69, 9.17) is 25.8 Å². The van der Waals surface area contributed by atoms with Gasteiger partial charge >= 0.3 is 5.97 Å². The standard InChI is InChI=1S/C18H17ClFNO5/c1-10(17(22)21-14-6-5-12(19)9-13(14)20)26-18(23)11-4-7-15(24-2)16(8-11)25-3/h4-10H,1-3H3,(H,21,22). The second-order valence-electron chi connectivity index (χ2n) is 5.23. The average molecular weight is 382 g/mol. The SMILES string of the molecule is COc1ccc(C(=O)OC(C)C(=O)Nc2ccc(Cl)cc2F)cc1OC. The number of methoxy groups -OCH3 is 2. The van der Waals surface area contributed by atoms with Gasteiger partial charge in [0.1, 0.15) is 5.82 Å². The summed E-state index contributed by atoms with van der Waals surface area (Å²) in [5, 5.41) is 2.54. The molecule has 0 bridgehead atoms. The molecule has 2 aromatic carbocycles. The van der Waals surface area contributed by atoms with Crippen molar-refractivity contribution in [2.24, 2.45) is 0 Å². The number of rotatable bonds is 6. The molecule has 1 unspecified atom stereocenters. The lowest BCUT2D eigenvalue weighted by molar-refractivity contribution is -0.123. The molecule has 6 nitrogen and oxygen atoms in total. The minimum absolute atomic E-state index is 0.0617. The van der Waals surface area contributed by atoms with E-state index in [1.807, 2.05) is 0 Å². The highest BCUT2D eigenvalue weighted by Crippen LogP contribution is 2.28. The van der Waals surface area contributed by atoms with Crippen molar-refractivity contribution < 1.29 is 28.2 Å². The van der Waals surface area contributed by atoms with E-state index in [1.54, 1.807) is 6.07 Å². The molecular weight excluding hydrogens is 365 g/mol. The first-order chi connectivity index (χ1) is 12.3. The normalized spacial score (nSPS) is 11.4. The molecule has 0 aromatic heterocycles. The number of halogens is 2. The first-order valence-corrected chi connectivity index (χ1v) is 7.92. The molecule has 0 heterocycles. The smallest absolute Gasteiger partial charge is 0.339 e. The van der Waals surface area contributed by atoms with Crippen molar-refractivity contribution in [3.05, 3.63) is 52.8 Å². The molecule has 0 spiro atoms. The lowest BCUT2D eigenvalue weighted by Gasteiger charge is -2.15. The van der Waals surface area contributed by atoms with Gasteiger partial charge in [-0.25, -0.2) is 9.18 Å². The van der Waals surface area contributed by atoms with Crippen LogP contribution in [0.1, 0.15) is 17.3 Å². The molecule has 2 aromatic rings. The van der Waals surface area contributed by atoms with Gasteiger partial charge in [-0.15, -0.1) is 0 Å². The highest BCUT2D eigenvalue weighted by Gasteiger charge is 2.21. The van der Waals surface area contributed by atoms with Gasteiger partial charge in [0, 0.05) is 5.02 Å². The van der Waals surface area contributed by atoms with Gasteiger partial charge in [-0.3, -0.25) is 4.79 Å². The van der Waals surface area contributed by atoms with Crippen molar-refractivity contribution in [3.8, 4) is 11.5 Å². The van der Waals surface area contributed by atoms with Gasteiger partial charge in [-0.1, -0.05) is 11.6 Å². The summed E-state index contributed by atoms with van der Waals surface area (Å²) >= 11 is 5.66. The Bertz CT molecular complexity index is 827. The van der Waals surface area contributed by atoms with Gasteiger partial charge in [-0.05, 0) is 43.3 Å². The number of ether oxygens (including phenoxy) is 3. The Morgan fingerprint density at radius 1 is 1.08 bits per heavy atom. The number of carbonyl (C=O) groups excluding carboxylic acids is 2. The predicted molar refractivity (Wildman–Crippen MR) is 94.5 cm³/mol. The fraction of sp³-hybridized carbons (Fsp3) is 0.222. The molecule has 1 atom stereocenters. The summed E-state index contributed by atoms with van der Waals surface area (Å²) < 4.78 is 29.0. The lowest BCUT2D eigenvalue weighted by atomic mass is 10.2. The molecule has 138 valence electrons. The third-order valence-corrected chi connectivity index (χ3v) is 3.70. The van der Waals surface area contributed by atoms with Gasteiger partial charge in [0.25, 0.3) is 5.91 Å². The molecule has 0 fully saturated rings. The van der Waals surface area contributed by atoms with E-state index in [2.05, 4.69) is 5.32 Å². The van der Waals surface area contributed by atoms with E-state index < -0.39 is 23.8 Å². The Kier molecular flexibility index (Phi) is 6.41. The van der Waals surface area contributed by atoms with Gasteiger partial charge in [0.15, 0.2) is 17.6 Å². The maximum atomic E-state index is 13.7. The molecule has 1 amide bonds. The van der Waals surface area contributed by atoms with Gasteiger partial charge in [-0.2, -0.15) is 0 Å². The topological polar surface area (TPSA) is 73.9 Å². The predicted octanol–water partition coefficient (Wildman–Crippen LogP) is 3.68. The third-order valence-electron chi connectivity index (χ3n) is 3.46. The van der Waals surface area contributed by atoms with Crippen LogP contribution in [0.2, 0.25) is 5.02 Å². The number of esters is 1. The summed E-state index contributed by atoms with van der Waals surface area (Å²) in [5.41, 5.74) is 0.119. The molecule has 0 saturated heterocycles. The maximum absolute atomic E-state index is 13.7. The summed E-state index contributed by atoms with van der Waals surface area (Å²) in [6.07, 6.45) is -1.15. The van der Waals surface area contributed by atoms with Crippen LogP contribution in [0.5, 0.6) is 11.5 Å². The van der Waals surface area contributed by atoms with Crippen molar-refractivity contribution in [2.75, 3.05) is 19.5 Å². The number of benzene rings is 2. The van der Waals surface area contributed by atoms with Crippen LogP contribution in [-0.4, -0.2) is 32.2 Å². The van der Waals surface area contributed by atoms with Crippen LogP contribution in [0.15, 0.2) is 36.4 Å². The molecule has 2 rings (SSSR count). The fourth-order valence-electron chi connectivity index (χ4n) is 2.07. The number of anilines is 1. The zero-order valence-corrected chi connectivity index (χ0v) is 15.1. The van der Waals surface area contributed by atoms with Crippen molar-refractivity contribution in [3.63, 3.8) is 0 Å². The van der Waals surface area contributed by atoms with Crippen LogP contribution in [-0.2, 0) is 9.53 Å². The molecule has 0 aliphatic rings. The number of nitrogens with one attached hydrogen (secondary N) is 1. The zero-order valence-electron chi connectivity index (χ0n) is 14.3. The van der Waals surface area contributed by atoms with Crippen molar-refractivity contribution in [1.82, 2.24) is 0 Å². The summed E-state index contributed by atoms with van der Waals surface area (Å²) in [7, 11) is 2.90. The first-order valence-electron chi connectivity index (χ1n) is 7.54. The van der Waals surface area contributed by atoms with E-state index in [0.717, 1.165) is 6.07 Å². The molecule has 26 heavy (non-hydrogen) atoms. The van der Waals surface area contributed by atoms with E-state index in [0.29, 0.717) is 11.5 Å². The third kappa shape index (κ3) is 4.64. The van der Waals surface area contributed by atoms with Gasteiger partial charge < -0.3 is 19.5 Å². The highest BCUT2D eigenvalue weighted by molar-refractivity contribution is 6.30. The van der Waals surface area contributed by atoms with Crippen LogP contribution in [0.25, 0.3) is 0 Å². The molecular formula is C18H17ClFNO5. The van der Waals surface area contributed by atoms with E-state index in [9.17, 15) is 14.0 Å². The van der Waals surface area contributed by atoms with Crippen molar-refractivity contribution in [2.45, 2.75) is 13.0 Å². The monoisotopic (exact) mass is 381 g/mol. The minimum Gasteiger partial charge on any atom is -0.493 e. The molecule has 0 saturated carbocycles. The number of amides is 1. The summed E-state index contributed by atoms with van der Waals surface area (Å²) in [4.78, 5) is 24.3. The zero-order chi connectivity index (χ0) is 19.3. The number of hydrogen-bond donors (Lipinski definition) is 1. The Hall–Kier alpha value is -2.80. The van der Waals surface area contributed by atoms with Crippen molar-refractivity contribution in [1.29, 1.82) is 0 Å². The first kappa shape index (κ1) is 19.5. The molecule has 8 heteroatoms. The second kappa shape index (κ2) is 8.53. The Morgan fingerprint density at radius 3 is 2.38 bits per heavy atom. The van der Waals surface area contributed by atoms with Crippen LogP contribution in [0, 0.1) is 5.82 Å². The van der Waals surface area contributed by atoms with E-state index in [1.165, 1.54) is 45.4 Å².